The van der Waals surface area contributed by atoms with Crippen LogP contribution < -0.4 is 0 Å². The van der Waals surface area contributed by atoms with Crippen molar-refractivity contribution < 1.29 is 24.6 Å². The van der Waals surface area contributed by atoms with E-state index in [2.05, 4.69) is 6.92 Å². The van der Waals surface area contributed by atoms with Gasteiger partial charge in [-0.05, 0) is 38.0 Å². The number of aliphatic hydroxyl groups is 1. The molecule has 25 heavy (non-hydrogen) atoms. The number of aliphatic hydroxyl groups excluding tert-OH is 1. The van der Waals surface area contributed by atoms with Crippen LogP contribution in [0.3, 0.4) is 0 Å². The summed E-state index contributed by atoms with van der Waals surface area (Å²) >= 11 is 0. The molecule has 0 saturated heterocycles. The summed E-state index contributed by atoms with van der Waals surface area (Å²) < 4.78 is 0. The first kappa shape index (κ1) is 21.6. The van der Waals surface area contributed by atoms with E-state index in [0.717, 1.165) is 19.3 Å². The van der Waals surface area contributed by atoms with E-state index in [-0.39, 0.29) is 36.2 Å². The zero-order valence-electron chi connectivity index (χ0n) is 15.3. The fourth-order valence-electron chi connectivity index (χ4n) is 3.47. The Morgan fingerprint density at radius 2 is 1.88 bits per heavy atom. The molecule has 2 N–H and O–H groups in total. The van der Waals surface area contributed by atoms with Gasteiger partial charge in [0.1, 0.15) is 11.6 Å². The smallest absolute Gasteiger partial charge is 0.303 e. The molecule has 0 spiro atoms. The highest BCUT2D eigenvalue weighted by atomic mass is 16.4. The normalized spacial score (nSPS) is 23.4. The number of carbonyl (C=O) groups is 3. The van der Waals surface area contributed by atoms with E-state index in [9.17, 15) is 19.5 Å². The lowest BCUT2D eigenvalue weighted by Crippen LogP contribution is -2.21. The molecule has 0 aromatic rings. The summed E-state index contributed by atoms with van der Waals surface area (Å²) in [5.74, 6) is -0.863. The number of Topliss-reactive ketones (excluding diaryl/α,β-unsaturated/α-hetero) is 2. The van der Waals surface area contributed by atoms with Crippen LogP contribution in [0.5, 0.6) is 0 Å². The molecular weight excluding hydrogens is 320 g/mol. The Hall–Kier alpha value is -1.49. The fraction of sp³-hybridized carbons (Fsp3) is 0.750. The van der Waals surface area contributed by atoms with Gasteiger partial charge in [-0.2, -0.15) is 0 Å². The first-order valence-electron chi connectivity index (χ1n) is 9.55. The second-order valence-corrected chi connectivity index (χ2v) is 7.04. The van der Waals surface area contributed by atoms with Gasteiger partial charge in [0.25, 0.3) is 0 Å². The zero-order chi connectivity index (χ0) is 18.7. The van der Waals surface area contributed by atoms with Gasteiger partial charge >= 0.3 is 5.97 Å². The first-order valence-corrected chi connectivity index (χ1v) is 9.55. The fourth-order valence-corrected chi connectivity index (χ4v) is 3.47. The summed E-state index contributed by atoms with van der Waals surface area (Å²) in [4.78, 5) is 34.5. The minimum Gasteiger partial charge on any atom is -0.481 e. The average molecular weight is 352 g/mol. The van der Waals surface area contributed by atoms with Gasteiger partial charge in [-0.3, -0.25) is 14.4 Å². The molecule has 2 unspecified atom stereocenters. The molecule has 0 aliphatic heterocycles. The minimum atomic E-state index is -0.797. The molecule has 0 aromatic heterocycles. The molecule has 1 rings (SSSR count). The number of aliphatic carboxylic acids is 1. The van der Waals surface area contributed by atoms with Crippen molar-refractivity contribution in [3.63, 3.8) is 0 Å². The van der Waals surface area contributed by atoms with Crippen molar-refractivity contribution in [2.45, 2.75) is 83.7 Å². The van der Waals surface area contributed by atoms with Gasteiger partial charge in [0.05, 0.1) is 6.10 Å². The summed E-state index contributed by atoms with van der Waals surface area (Å²) in [6, 6.07) is 0. The molecule has 142 valence electrons. The Labute approximate surface area is 150 Å². The van der Waals surface area contributed by atoms with Crippen LogP contribution in [0.1, 0.15) is 77.6 Å². The van der Waals surface area contributed by atoms with Crippen LogP contribution in [0.15, 0.2) is 12.2 Å². The van der Waals surface area contributed by atoms with Gasteiger partial charge in [0.15, 0.2) is 0 Å². The Morgan fingerprint density at radius 3 is 2.56 bits per heavy atom. The van der Waals surface area contributed by atoms with E-state index in [4.69, 9.17) is 5.11 Å². The second-order valence-electron chi connectivity index (χ2n) is 7.04. The summed E-state index contributed by atoms with van der Waals surface area (Å²) in [5.41, 5.74) is 0. The average Bonchev–Trinajstić information content (AvgIpc) is 2.82. The number of unbranched alkanes of at least 4 members (excludes halogenated alkanes) is 3. The van der Waals surface area contributed by atoms with Crippen LogP contribution in [-0.4, -0.2) is 33.9 Å². The number of carbonyl (C=O) groups excluding carboxylic acids is 2. The van der Waals surface area contributed by atoms with E-state index in [1.807, 2.05) is 12.2 Å². The van der Waals surface area contributed by atoms with Gasteiger partial charge < -0.3 is 10.2 Å². The van der Waals surface area contributed by atoms with Crippen LogP contribution in [0.4, 0.5) is 0 Å². The summed E-state index contributed by atoms with van der Waals surface area (Å²) in [7, 11) is 0. The lowest BCUT2D eigenvalue weighted by Gasteiger charge is -2.19. The molecule has 0 amide bonds. The van der Waals surface area contributed by atoms with Gasteiger partial charge in [-0.1, -0.05) is 31.9 Å². The van der Waals surface area contributed by atoms with Gasteiger partial charge in [0, 0.05) is 31.6 Å². The largest absolute Gasteiger partial charge is 0.481 e. The quantitative estimate of drug-likeness (QED) is 0.390. The second kappa shape index (κ2) is 12.0. The van der Waals surface area contributed by atoms with Crippen molar-refractivity contribution in [3.8, 4) is 0 Å². The molecule has 1 saturated carbocycles. The van der Waals surface area contributed by atoms with E-state index in [1.165, 1.54) is 0 Å². The highest BCUT2D eigenvalue weighted by Crippen LogP contribution is 2.35. The Balaban J connectivity index is 2.39. The minimum absolute atomic E-state index is 0.0677. The molecule has 1 aliphatic rings. The Kier molecular flexibility index (Phi) is 10.3. The topological polar surface area (TPSA) is 91.7 Å². The van der Waals surface area contributed by atoms with Crippen molar-refractivity contribution in [3.05, 3.63) is 12.2 Å². The molecule has 1 aliphatic carbocycles. The van der Waals surface area contributed by atoms with E-state index >= 15 is 0 Å². The van der Waals surface area contributed by atoms with Crippen molar-refractivity contribution in [2.24, 2.45) is 11.8 Å². The Bertz CT molecular complexity index is 469. The van der Waals surface area contributed by atoms with Gasteiger partial charge in [-0.25, -0.2) is 0 Å². The van der Waals surface area contributed by atoms with Gasteiger partial charge in [0.2, 0.25) is 0 Å². The standard InChI is InChI=1S/C20H32O5/c1-2-3-6-9-15(21)12-13-17-16(18(22)14-19(17)23)10-7-4-5-8-11-20(24)25/h4,7,16-18,22H,2-3,5-6,8-14H2,1H3,(H,24,25)/b7-4-/t16?,17-,18?/m1/s1. The van der Waals surface area contributed by atoms with Crippen LogP contribution in [0.25, 0.3) is 0 Å². The molecule has 0 radical (unpaired) electrons. The molecular formula is C20H32O5. The number of rotatable bonds is 13. The third kappa shape index (κ3) is 8.43. The maximum absolute atomic E-state index is 12.1. The SMILES string of the molecule is CCCCCC(=O)CC[C@H]1C(=O)CC(O)C1C/C=C\CCCC(=O)O. The highest BCUT2D eigenvalue weighted by Gasteiger charge is 2.40. The van der Waals surface area contributed by atoms with Gasteiger partial charge in [-0.15, -0.1) is 0 Å². The van der Waals surface area contributed by atoms with Crippen LogP contribution >= 0.6 is 0 Å². The monoisotopic (exact) mass is 352 g/mol. The molecule has 3 atom stereocenters. The van der Waals surface area contributed by atoms with Crippen molar-refractivity contribution in [2.75, 3.05) is 0 Å². The summed E-state index contributed by atoms with van der Waals surface area (Å²) in [5, 5.41) is 18.7. The predicted molar refractivity (Wildman–Crippen MR) is 96.2 cm³/mol. The van der Waals surface area contributed by atoms with Crippen molar-refractivity contribution in [1.29, 1.82) is 0 Å². The van der Waals surface area contributed by atoms with Crippen molar-refractivity contribution in [1.82, 2.24) is 0 Å². The molecule has 0 bridgehead atoms. The molecule has 5 heteroatoms. The van der Waals surface area contributed by atoms with Crippen LogP contribution in [0.2, 0.25) is 0 Å². The Morgan fingerprint density at radius 1 is 1.12 bits per heavy atom. The maximum Gasteiger partial charge on any atom is 0.303 e. The van der Waals surface area contributed by atoms with E-state index in [1.54, 1.807) is 0 Å². The van der Waals surface area contributed by atoms with E-state index < -0.39 is 12.1 Å². The highest BCUT2D eigenvalue weighted by molar-refractivity contribution is 5.85. The third-order valence-corrected chi connectivity index (χ3v) is 4.96. The number of ketones is 2. The zero-order valence-corrected chi connectivity index (χ0v) is 15.3. The summed E-state index contributed by atoms with van der Waals surface area (Å²) in [6.07, 6.45) is 10.1. The molecule has 0 heterocycles. The number of carboxylic acids is 1. The molecule has 0 aromatic carbocycles. The molecule has 5 nitrogen and oxygen atoms in total. The molecule has 1 fully saturated rings. The number of hydrogen-bond acceptors (Lipinski definition) is 4. The predicted octanol–water partition coefficient (Wildman–Crippen LogP) is 3.68. The number of carboxylic acid groups (broad SMARTS) is 1. The maximum atomic E-state index is 12.1. The third-order valence-electron chi connectivity index (χ3n) is 4.96. The number of hydrogen-bond donors (Lipinski definition) is 2. The van der Waals surface area contributed by atoms with Crippen molar-refractivity contribution >= 4 is 17.5 Å². The van der Waals surface area contributed by atoms with E-state index in [0.29, 0.717) is 38.5 Å². The number of allylic oxidation sites excluding steroid dienone is 2. The van der Waals surface area contributed by atoms with Crippen LogP contribution in [-0.2, 0) is 14.4 Å². The van der Waals surface area contributed by atoms with Crippen LogP contribution in [0, 0.1) is 11.8 Å². The lowest BCUT2D eigenvalue weighted by molar-refractivity contribution is -0.137. The lowest BCUT2D eigenvalue weighted by atomic mass is 9.86. The summed E-state index contributed by atoms with van der Waals surface area (Å²) in [6.45, 7) is 2.10. The first-order chi connectivity index (χ1) is 12.0.